The van der Waals surface area contributed by atoms with Crippen LogP contribution in [0.15, 0.2) is 30.6 Å². The maximum absolute atomic E-state index is 5.93. The zero-order chi connectivity index (χ0) is 16.1. The number of H-pyrrole nitrogens is 1. The van der Waals surface area contributed by atoms with Crippen LogP contribution in [0.1, 0.15) is 17.7 Å². The van der Waals surface area contributed by atoms with Gasteiger partial charge in [0.05, 0.1) is 12.7 Å². The van der Waals surface area contributed by atoms with Crippen molar-refractivity contribution in [1.82, 2.24) is 20.1 Å². The van der Waals surface area contributed by atoms with Gasteiger partial charge in [-0.15, -0.1) is 0 Å². The highest BCUT2D eigenvalue weighted by molar-refractivity contribution is 5.39. The van der Waals surface area contributed by atoms with Gasteiger partial charge in [0.25, 0.3) is 0 Å². The van der Waals surface area contributed by atoms with Crippen LogP contribution in [0.3, 0.4) is 0 Å². The van der Waals surface area contributed by atoms with Gasteiger partial charge >= 0.3 is 0 Å². The van der Waals surface area contributed by atoms with Crippen molar-refractivity contribution in [1.29, 1.82) is 0 Å². The molecule has 1 aliphatic rings. The first-order chi connectivity index (χ1) is 11.2. The molecule has 0 aliphatic carbocycles. The van der Waals surface area contributed by atoms with E-state index in [1.165, 1.54) is 5.56 Å². The zero-order valence-electron chi connectivity index (χ0n) is 13.9. The molecule has 6 nitrogen and oxygen atoms in total. The Labute approximate surface area is 137 Å². The SMILES string of the molecule is CN(C)c1cc(CC[C@@H]2CN(Cc3ccn[nH]3)CCO2)ccn1. The summed E-state index contributed by atoms with van der Waals surface area (Å²) in [5.74, 6) is 1.01. The number of anilines is 1. The van der Waals surface area contributed by atoms with Gasteiger partial charge < -0.3 is 9.64 Å². The highest BCUT2D eigenvalue weighted by Crippen LogP contribution is 2.16. The third-order valence-electron chi connectivity index (χ3n) is 4.20. The van der Waals surface area contributed by atoms with Gasteiger partial charge in [0.15, 0.2) is 0 Å². The van der Waals surface area contributed by atoms with Crippen LogP contribution in [0.25, 0.3) is 0 Å². The predicted octanol–water partition coefficient (Wildman–Crippen LogP) is 1.70. The van der Waals surface area contributed by atoms with Crippen LogP contribution in [0.4, 0.5) is 5.82 Å². The minimum atomic E-state index is 0.294. The van der Waals surface area contributed by atoms with Crippen molar-refractivity contribution in [2.75, 3.05) is 38.7 Å². The van der Waals surface area contributed by atoms with E-state index < -0.39 is 0 Å². The van der Waals surface area contributed by atoms with Gasteiger partial charge in [-0.3, -0.25) is 10.00 Å². The quantitative estimate of drug-likeness (QED) is 0.879. The molecule has 124 valence electrons. The van der Waals surface area contributed by atoms with Gasteiger partial charge in [0, 0.05) is 51.8 Å². The molecule has 0 radical (unpaired) electrons. The number of pyridine rings is 1. The molecular formula is C17H25N5O. The van der Waals surface area contributed by atoms with E-state index in [0.717, 1.165) is 50.6 Å². The third kappa shape index (κ3) is 4.53. The van der Waals surface area contributed by atoms with Gasteiger partial charge in [-0.05, 0) is 36.6 Å². The molecule has 1 saturated heterocycles. The molecule has 2 aromatic rings. The minimum absolute atomic E-state index is 0.294. The number of aryl methyl sites for hydroxylation is 1. The zero-order valence-corrected chi connectivity index (χ0v) is 13.9. The van der Waals surface area contributed by atoms with Crippen molar-refractivity contribution in [2.24, 2.45) is 0 Å². The smallest absolute Gasteiger partial charge is 0.128 e. The molecule has 0 aromatic carbocycles. The minimum Gasteiger partial charge on any atom is -0.376 e. The Balaban J connectivity index is 1.50. The van der Waals surface area contributed by atoms with Crippen molar-refractivity contribution < 1.29 is 4.74 Å². The summed E-state index contributed by atoms with van der Waals surface area (Å²) in [6, 6.07) is 6.29. The molecule has 2 aromatic heterocycles. The molecule has 0 amide bonds. The molecular weight excluding hydrogens is 290 g/mol. The Kier molecular flexibility index (Phi) is 5.25. The summed E-state index contributed by atoms with van der Waals surface area (Å²) in [7, 11) is 4.04. The normalized spacial score (nSPS) is 19.0. The fourth-order valence-corrected chi connectivity index (χ4v) is 2.90. The maximum atomic E-state index is 5.93. The van der Waals surface area contributed by atoms with Crippen LogP contribution in [0.2, 0.25) is 0 Å². The number of aromatic amines is 1. The monoisotopic (exact) mass is 315 g/mol. The van der Waals surface area contributed by atoms with E-state index in [4.69, 9.17) is 4.74 Å². The highest BCUT2D eigenvalue weighted by Gasteiger charge is 2.20. The number of hydrogen-bond donors (Lipinski definition) is 1. The standard InChI is InChI=1S/C17H25N5O/c1-21(2)17-11-14(5-7-18-17)3-4-16-13-22(9-10-23-16)12-15-6-8-19-20-15/h5-8,11,16H,3-4,9-10,12-13H2,1-2H3,(H,19,20)/t16-/m1/s1. The number of rotatable bonds is 6. The molecule has 1 N–H and O–H groups in total. The highest BCUT2D eigenvalue weighted by atomic mass is 16.5. The predicted molar refractivity (Wildman–Crippen MR) is 90.5 cm³/mol. The largest absolute Gasteiger partial charge is 0.376 e. The van der Waals surface area contributed by atoms with Crippen molar-refractivity contribution in [3.05, 3.63) is 41.9 Å². The molecule has 0 saturated carbocycles. The molecule has 0 unspecified atom stereocenters. The Morgan fingerprint density at radius 3 is 3.04 bits per heavy atom. The first-order valence-electron chi connectivity index (χ1n) is 8.15. The molecule has 1 aliphatic heterocycles. The molecule has 23 heavy (non-hydrogen) atoms. The van der Waals surface area contributed by atoms with Gasteiger partial charge in [0.1, 0.15) is 5.82 Å². The van der Waals surface area contributed by atoms with Gasteiger partial charge in [-0.2, -0.15) is 5.10 Å². The lowest BCUT2D eigenvalue weighted by Gasteiger charge is -2.32. The average Bonchev–Trinajstić information content (AvgIpc) is 3.06. The van der Waals surface area contributed by atoms with E-state index in [2.05, 4.69) is 32.2 Å². The number of ether oxygens (including phenoxy) is 1. The number of morpholine rings is 1. The number of nitrogens with zero attached hydrogens (tertiary/aromatic N) is 4. The first kappa shape index (κ1) is 16.0. The van der Waals surface area contributed by atoms with Crippen molar-refractivity contribution >= 4 is 5.82 Å². The van der Waals surface area contributed by atoms with Crippen molar-refractivity contribution in [3.63, 3.8) is 0 Å². The summed E-state index contributed by atoms with van der Waals surface area (Å²) >= 11 is 0. The summed E-state index contributed by atoms with van der Waals surface area (Å²) < 4.78 is 5.93. The lowest BCUT2D eigenvalue weighted by atomic mass is 10.1. The summed E-state index contributed by atoms with van der Waals surface area (Å²) in [6.07, 6.45) is 6.04. The van der Waals surface area contributed by atoms with Crippen LogP contribution in [-0.2, 0) is 17.7 Å². The molecule has 3 heterocycles. The summed E-state index contributed by atoms with van der Waals surface area (Å²) in [5.41, 5.74) is 2.48. The van der Waals surface area contributed by atoms with E-state index in [0.29, 0.717) is 6.10 Å². The van der Waals surface area contributed by atoms with Crippen LogP contribution >= 0.6 is 0 Å². The van der Waals surface area contributed by atoms with Gasteiger partial charge in [-0.1, -0.05) is 0 Å². The van der Waals surface area contributed by atoms with Crippen molar-refractivity contribution in [3.8, 4) is 0 Å². The molecule has 0 spiro atoms. The lowest BCUT2D eigenvalue weighted by molar-refractivity contribution is -0.0349. The molecule has 6 heteroatoms. The van der Waals surface area contributed by atoms with Crippen LogP contribution in [0.5, 0.6) is 0 Å². The van der Waals surface area contributed by atoms with Crippen molar-refractivity contribution in [2.45, 2.75) is 25.5 Å². The van der Waals surface area contributed by atoms with Gasteiger partial charge in [-0.25, -0.2) is 4.98 Å². The topological polar surface area (TPSA) is 57.3 Å². The van der Waals surface area contributed by atoms with E-state index in [9.17, 15) is 0 Å². The third-order valence-corrected chi connectivity index (χ3v) is 4.20. The van der Waals surface area contributed by atoms with Crippen LogP contribution in [0, 0.1) is 0 Å². The number of nitrogens with one attached hydrogen (secondary N) is 1. The Bertz CT molecular complexity index is 599. The fourth-order valence-electron chi connectivity index (χ4n) is 2.90. The Morgan fingerprint density at radius 2 is 2.26 bits per heavy atom. The van der Waals surface area contributed by atoms with E-state index in [1.807, 2.05) is 31.3 Å². The van der Waals surface area contributed by atoms with E-state index in [1.54, 1.807) is 6.20 Å². The summed E-state index contributed by atoms with van der Waals surface area (Å²) in [5, 5.41) is 7.04. The van der Waals surface area contributed by atoms with E-state index in [-0.39, 0.29) is 0 Å². The molecule has 1 atom stereocenters. The van der Waals surface area contributed by atoms with Crippen LogP contribution in [-0.4, -0.2) is 60.0 Å². The van der Waals surface area contributed by atoms with Crippen LogP contribution < -0.4 is 4.90 Å². The lowest BCUT2D eigenvalue weighted by Crippen LogP contribution is -2.42. The maximum Gasteiger partial charge on any atom is 0.128 e. The second kappa shape index (κ2) is 7.57. The second-order valence-electron chi connectivity index (χ2n) is 6.27. The number of hydrogen-bond acceptors (Lipinski definition) is 5. The Morgan fingerprint density at radius 1 is 1.35 bits per heavy atom. The summed E-state index contributed by atoms with van der Waals surface area (Å²) in [4.78, 5) is 8.83. The molecule has 1 fully saturated rings. The fraction of sp³-hybridized carbons (Fsp3) is 0.529. The molecule has 3 rings (SSSR count). The summed E-state index contributed by atoms with van der Waals surface area (Å²) in [6.45, 7) is 3.68. The average molecular weight is 315 g/mol. The Hall–Kier alpha value is -1.92. The van der Waals surface area contributed by atoms with Gasteiger partial charge in [0.2, 0.25) is 0 Å². The van der Waals surface area contributed by atoms with E-state index >= 15 is 0 Å². The first-order valence-corrected chi connectivity index (χ1v) is 8.15. The second-order valence-corrected chi connectivity index (χ2v) is 6.27. The molecule has 0 bridgehead atoms. The number of aromatic nitrogens is 3.